The van der Waals surface area contributed by atoms with Gasteiger partial charge in [-0.15, -0.1) is 0 Å². The second kappa shape index (κ2) is 7.39. The fourth-order valence-corrected chi connectivity index (χ4v) is 3.74. The molecule has 1 aliphatic rings. The highest BCUT2D eigenvalue weighted by Gasteiger charge is 2.25. The highest BCUT2D eigenvalue weighted by molar-refractivity contribution is 5.89. The second-order valence-corrected chi connectivity index (χ2v) is 8.80. The number of hydrogen-bond acceptors (Lipinski definition) is 2. The lowest BCUT2D eigenvalue weighted by atomic mass is 9.92. The molecular formula is C24H28N4O. The Kier molecular flexibility index (Phi) is 4.91. The molecule has 0 bridgehead atoms. The average Bonchev–Trinajstić information content (AvgIpc) is 3.27. The maximum Gasteiger partial charge on any atom is 0.320 e. The number of benzene rings is 2. The van der Waals surface area contributed by atoms with Crippen LogP contribution in [0.2, 0.25) is 0 Å². The number of aromatic nitrogens is 2. The van der Waals surface area contributed by atoms with Crippen molar-refractivity contribution < 1.29 is 4.79 Å². The van der Waals surface area contributed by atoms with Gasteiger partial charge in [0.2, 0.25) is 0 Å². The van der Waals surface area contributed by atoms with Crippen LogP contribution in [0.3, 0.4) is 0 Å². The van der Waals surface area contributed by atoms with Crippen molar-refractivity contribution in [2.45, 2.75) is 52.0 Å². The fraction of sp³-hybridized carbons (Fsp3) is 0.333. The summed E-state index contributed by atoms with van der Waals surface area (Å²) < 4.78 is 1.81. The van der Waals surface area contributed by atoms with E-state index in [1.165, 1.54) is 16.7 Å². The minimum atomic E-state index is -0.208. The Hall–Kier alpha value is -3.08. The maximum atomic E-state index is 12.8. The molecule has 150 valence electrons. The van der Waals surface area contributed by atoms with Gasteiger partial charge in [-0.25, -0.2) is 9.48 Å². The quantitative estimate of drug-likeness (QED) is 0.641. The molecule has 4 rings (SSSR count). The summed E-state index contributed by atoms with van der Waals surface area (Å²) in [7, 11) is 0. The van der Waals surface area contributed by atoms with Crippen LogP contribution in [0.4, 0.5) is 10.6 Å². The summed E-state index contributed by atoms with van der Waals surface area (Å²) in [6.45, 7) is 8.41. The Bertz CT molecular complexity index is 1030. The van der Waals surface area contributed by atoms with E-state index in [2.05, 4.69) is 56.5 Å². The van der Waals surface area contributed by atoms with Crippen molar-refractivity contribution in [3.63, 3.8) is 0 Å². The molecule has 1 aliphatic carbocycles. The number of nitrogens with one attached hydrogen (secondary N) is 2. The molecule has 0 saturated carbocycles. The predicted molar refractivity (Wildman–Crippen MR) is 117 cm³/mol. The molecule has 5 nitrogen and oxygen atoms in total. The molecular weight excluding hydrogens is 360 g/mol. The number of anilines is 1. The molecule has 2 aromatic carbocycles. The van der Waals surface area contributed by atoms with Gasteiger partial charge < -0.3 is 5.32 Å². The van der Waals surface area contributed by atoms with Crippen LogP contribution in [-0.4, -0.2) is 15.8 Å². The zero-order valence-corrected chi connectivity index (χ0v) is 17.5. The van der Waals surface area contributed by atoms with Gasteiger partial charge in [-0.2, -0.15) is 5.10 Å². The van der Waals surface area contributed by atoms with Crippen molar-refractivity contribution in [3.05, 3.63) is 77.0 Å². The van der Waals surface area contributed by atoms with E-state index < -0.39 is 0 Å². The maximum absolute atomic E-state index is 12.8. The minimum Gasteiger partial charge on any atom is -0.331 e. The van der Waals surface area contributed by atoms with Gasteiger partial charge in [0.1, 0.15) is 5.82 Å². The first-order valence-corrected chi connectivity index (χ1v) is 10.1. The number of hydrogen-bond donors (Lipinski definition) is 2. The van der Waals surface area contributed by atoms with Crippen molar-refractivity contribution in [1.82, 2.24) is 15.1 Å². The highest BCUT2D eigenvalue weighted by Crippen LogP contribution is 2.31. The predicted octanol–water partition coefficient (Wildman–Crippen LogP) is 5.29. The SMILES string of the molecule is Cc1ccc(-n2nc(C(C)(C)C)cc2NC(=O)N[C@H]2CCc3ccccc32)cc1. The average molecular weight is 389 g/mol. The molecule has 1 heterocycles. The number of carbonyl (C=O) groups excluding carboxylic acids is 1. The van der Waals surface area contributed by atoms with Crippen LogP contribution < -0.4 is 10.6 Å². The third-order valence-electron chi connectivity index (χ3n) is 5.44. The monoisotopic (exact) mass is 388 g/mol. The molecule has 0 aliphatic heterocycles. The van der Waals surface area contributed by atoms with Gasteiger partial charge in [-0.3, -0.25) is 5.32 Å². The Morgan fingerprint density at radius 3 is 2.55 bits per heavy atom. The first-order valence-electron chi connectivity index (χ1n) is 10.1. The smallest absolute Gasteiger partial charge is 0.320 e. The minimum absolute atomic E-state index is 0.0454. The van der Waals surface area contributed by atoms with E-state index in [9.17, 15) is 4.79 Å². The lowest BCUT2D eigenvalue weighted by Crippen LogP contribution is -2.32. The third kappa shape index (κ3) is 4.04. The largest absolute Gasteiger partial charge is 0.331 e. The zero-order chi connectivity index (χ0) is 20.6. The van der Waals surface area contributed by atoms with Crippen molar-refractivity contribution >= 4 is 11.8 Å². The summed E-state index contributed by atoms with van der Waals surface area (Å²) in [6.07, 6.45) is 1.92. The van der Waals surface area contributed by atoms with Crippen LogP contribution in [0.1, 0.15) is 55.6 Å². The van der Waals surface area contributed by atoms with Crippen molar-refractivity contribution in [2.75, 3.05) is 5.32 Å². The zero-order valence-electron chi connectivity index (χ0n) is 17.5. The van der Waals surface area contributed by atoms with Crippen molar-refractivity contribution in [3.8, 4) is 5.69 Å². The number of carbonyl (C=O) groups is 1. The molecule has 2 amide bonds. The summed E-state index contributed by atoms with van der Waals surface area (Å²) in [5.41, 5.74) is 5.45. The molecule has 0 spiro atoms. The summed E-state index contributed by atoms with van der Waals surface area (Å²) >= 11 is 0. The van der Waals surface area contributed by atoms with Crippen LogP contribution in [0.5, 0.6) is 0 Å². The first kappa shape index (κ1) is 19.2. The van der Waals surface area contributed by atoms with Crippen molar-refractivity contribution in [1.29, 1.82) is 0 Å². The summed E-state index contributed by atoms with van der Waals surface area (Å²) in [5, 5.41) is 10.9. The van der Waals surface area contributed by atoms with Gasteiger partial charge in [0.15, 0.2) is 0 Å². The Balaban J connectivity index is 1.58. The lowest BCUT2D eigenvalue weighted by Gasteiger charge is -2.15. The van der Waals surface area contributed by atoms with E-state index in [-0.39, 0.29) is 17.5 Å². The van der Waals surface area contributed by atoms with Gasteiger partial charge in [-0.1, -0.05) is 62.7 Å². The number of amides is 2. The van der Waals surface area contributed by atoms with Gasteiger partial charge >= 0.3 is 6.03 Å². The van der Waals surface area contributed by atoms with Gasteiger partial charge in [0, 0.05) is 11.5 Å². The van der Waals surface area contributed by atoms with Gasteiger partial charge in [0.05, 0.1) is 17.4 Å². The van der Waals surface area contributed by atoms with E-state index in [1.54, 1.807) is 0 Å². The Labute approximate surface area is 172 Å². The molecule has 1 atom stereocenters. The van der Waals surface area contributed by atoms with E-state index in [0.717, 1.165) is 24.2 Å². The topological polar surface area (TPSA) is 59.0 Å². The normalized spacial score (nSPS) is 15.8. The summed E-state index contributed by atoms with van der Waals surface area (Å²) in [4.78, 5) is 12.8. The fourth-order valence-electron chi connectivity index (χ4n) is 3.74. The summed E-state index contributed by atoms with van der Waals surface area (Å²) in [6, 6.07) is 18.2. The highest BCUT2D eigenvalue weighted by atomic mass is 16.2. The standard InChI is InChI=1S/C24H28N4O/c1-16-9-12-18(13-10-16)28-22(15-21(27-28)24(2,3)4)26-23(29)25-20-14-11-17-7-5-6-8-19(17)20/h5-10,12-13,15,20H,11,14H2,1-4H3,(H2,25,26,29)/t20-/m0/s1. The van der Waals surface area contributed by atoms with Crippen LogP contribution in [0.15, 0.2) is 54.6 Å². The molecule has 0 unspecified atom stereocenters. The van der Waals surface area contributed by atoms with E-state index in [4.69, 9.17) is 5.10 Å². The summed E-state index contributed by atoms with van der Waals surface area (Å²) in [5.74, 6) is 0.669. The third-order valence-corrected chi connectivity index (χ3v) is 5.44. The molecule has 0 saturated heterocycles. The molecule has 1 aromatic heterocycles. The lowest BCUT2D eigenvalue weighted by molar-refractivity contribution is 0.248. The number of nitrogens with zero attached hydrogens (tertiary/aromatic N) is 2. The van der Waals surface area contributed by atoms with Crippen molar-refractivity contribution in [2.24, 2.45) is 0 Å². The molecule has 3 aromatic rings. The molecule has 0 radical (unpaired) electrons. The van der Waals surface area contributed by atoms with Crippen LogP contribution in [0.25, 0.3) is 5.69 Å². The van der Waals surface area contributed by atoms with E-state index in [0.29, 0.717) is 5.82 Å². The van der Waals surface area contributed by atoms with Crippen LogP contribution >= 0.6 is 0 Å². The Morgan fingerprint density at radius 1 is 1.10 bits per heavy atom. The van der Waals surface area contributed by atoms with E-state index in [1.807, 2.05) is 41.1 Å². The van der Waals surface area contributed by atoms with Gasteiger partial charge in [-0.05, 0) is 43.0 Å². The molecule has 0 fully saturated rings. The number of rotatable bonds is 3. The number of fused-ring (bicyclic) bond motifs is 1. The van der Waals surface area contributed by atoms with E-state index >= 15 is 0 Å². The molecule has 29 heavy (non-hydrogen) atoms. The Morgan fingerprint density at radius 2 is 1.83 bits per heavy atom. The van der Waals surface area contributed by atoms with Crippen LogP contribution in [-0.2, 0) is 11.8 Å². The number of aryl methyl sites for hydroxylation is 2. The molecule has 2 N–H and O–H groups in total. The van der Waals surface area contributed by atoms with Crippen LogP contribution in [0, 0.1) is 6.92 Å². The second-order valence-electron chi connectivity index (χ2n) is 8.80. The number of urea groups is 1. The first-order chi connectivity index (χ1) is 13.8. The molecule has 5 heteroatoms. The van der Waals surface area contributed by atoms with Gasteiger partial charge in [0.25, 0.3) is 0 Å².